The van der Waals surface area contributed by atoms with E-state index in [1.54, 1.807) is 24.3 Å². The van der Waals surface area contributed by atoms with Gasteiger partial charge < -0.3 is 15.4 Å². The van der Waals surface area contributed by atoms with Gasteiger partial charge in [-0.15, -0.1) is 0 Å². The van der Waals surface area contributed by atoms with Crippen molar-refractivity contribution in [1.29, 1.82) is 0 Å². The molecule has 0 fully saturated rings. The zero-order chi connectivity index (χ0) is 13.7. The molecule has 0 atom stereocenters. The van der Waals surface area contributed by atoms with Crippen LogP contribution in [0, 0.1) is 0 Å². The van der Waals surface area contributed by atoms with Crippen LogP contribution in [0.1, 0.15) is 27.7 Å². The molecule has 4 heteroatoms. The monoisotopic (exact) mass is 250 g/mol. The predicted octanol–water partition coefficient (Wildman–Crippen LogP) is 2.29. The number of anilines is 1. The molecule has 100 valence electrons. The van der Waals surface area contributed by atoms with E-state index in [1.165, 1.54) is 0 Å². The van der Waals surface area contributed by atoms with Crippen molar-refractivity contribution in [2.75, 3.05) is 12.3 Å². The molecule has 18 heavy (non-hydrogen) atoms. The van der Waals surface area contributed by atoms with Gasteiger partial charge in [-0.3, -0.25) is 4.79 Å². The third-order valence-electron chi connectivity index (χ3n) is 2.64. The van der Waals surface area contributed by atoms with E-state index in [4.69, 9.17) is 10.5 Å². The Labute approximate surface area is 109 Å². The van der Waals surface area contributed by atoms with Crippen molar-refractivity contribution in [3.05, 3.63) is 24.3 Å². The molecule has 0 heterocycles. The van der Waals surface area contributed by atoms with Crippen LogP contribution in [0.3, 0.4) is 0 Å². The summed E-state index contributed by atoms with van der Waals surface area (Å²) in [7, 11) is 0. The summed E-state index contributed by atoms with van der Waals surface area (Å²) in [4.78, 5) is 13.9. The number of hydrogen-bond acceptors (Lipinski definition) is 3. The van der Waals surface area contributed by atoms with Crippen LogP contribution in [0.5, 0.6) is 5.75 Å². The lowest BCUT2D eigenvalue weighted by Gasteiger charge is -2.30. The molecule has 0 aliphatic rings. The van der Waals surface area contributed by atoms with Crippen molar-refractivity contribution >= 4 is 11.6 Å². The first kappa shape index (κ1) is 14.4. The number of amides is 1. The number of hydrogen-bond donors (Lipinski definition) is 1. The van der Waals surface area contributed by atoms with Gasteiger partial charge in [0.15, 0.2) is 6.61 Å². The van der Waals surface area contributed by atoms with Crippen LogP contribution in [-0.2, 0) is 4.79 Å². The molecule has 0 aliphatic carbocycles. The molecule has 0 saturated heterocycles. The second kappa shape index (κ2) is 6.28. The van der Waals surface area contributed by atoms with Crippen LogP contribution in [-0.4, -0.2) is 29.5 Å². The molecule has 1 aromatic carbocycles. The Morgan fingerprint density at radius 3 is 2.11 bits per heavy atom. The molecule has 0 unspecified atom stereocenters. The quantitative estimate of drug-likeness (QED) is 0.816. The molecule has 4 nitrogen and oxygen atoms in total. The minimum Gasteiger partial charge on any atom is -0.484 e. The molecule has 2 N–H and O–H groups in total. The SMILES string of the molecule is CC(C)N(C(=O)COc1ccc(N)cc1)C(C)C. The molecule has 0 aliphatic heterocycles. The van der Waals surface area contributed by atoms with Gasteiger partial charge in [-0.1, -0.05) is 0 Å². The first-order valence-corrected chi connectivity index (χ1v) is 6.21. The van der Waals surface area contributed by atoms with Crippen LogP contribution < -0.4 is 10.5 Å². The van der Waals surface area contributed by atoms with E-state index in [0.717, 1.165) is 0 Å². The van der Waals surface area contributed by atoms with Gasteiger partial charge >= 0.3 is 0 Å². The fourth-order valence-corrected chi connectivity index (χ4v) is 1.96. The lowest BCUT2D eigenvalue weighted by molar-refractivity contribution is -0.136. The van der Waals surface area contributed by atoms with Crippen LogP contribution in [0.15, 0.2) is 24.3 Å². The average molecular weight is 250 g/mol. The predicted molar refractivity (Wildman–Crippen MR) is 73.5 cm³/mol. The minimum absolute atomic E-state index is 0.00294. The summed E-state index contributed by atoms with van der Waals surface area (Å²) in [6.45, 7) is 8.06. The van der Waals surface area contributed by atoms with Crippen molar-refractivity contribution in [3.8, 4) is 5.75 Å². The van der Waals surface area contributed by atoms with Gasteiger partial charge in [-0.05, 0) is 52.0 Å². The summed E-state index contributed by atoms with van der Waals surface area (Å²) >= 11 is 0. The van der Waals surface area contributed by atoms with Crippen molar-refractivity contribution in [3.63, 3.8) is 0 Å². The van der Waals surface area contributed by atoms with Crippen molar-refractivity contribution < 1.29 is 9.53 Å². The summed E-state index contributed by atoms with van der Waals surface area (Å²) in [5.41, 5.74) is 6.26. The lowest BCUT2D eigenvalue weighted by Crippen LogP contribution is -2.44. The number of carbonyl (C=O) groups is 1. The van der Waals surface area contributed by atoms with Gasteiger partial charge in [0.05, 0.1) is 0 Å². The second-order valence-corrected chi connectivity index (χ2v) is 4.85. The van der Waals surface area contributed by atoms with Crippen molar-refractivity contribution in [1.82, 2.24) is 4.90 Å². The molecule has 0 aromatic heterocycles. The Bertz CT molecular complexity index is 377. The van der Waals surface area contributed by atoms with E-state index in [-0.39, 0.29) is 24.6 Å². The Morgan fingerprint density at radius 1 is 1.17 bits per heavy atom. The number of benzene rings is 1. The van der Waals surface area contributed by atoms with Gasteiger partial charge in [-0.2, -0.15) is 0 Å². The van der Waals surface area contributed by atoms with Gasteiger partial charge in [0.1, 0.15) is 5.75 Å². The highest BCUT2D eigenvalue weighted by molar-refractivity contribution is 5.78. The van der Waals surface area contributed by atoms with Crippen LogP contribution in [0.25, 0.3) is 0 Å². The third kappa shape index (κ3) is 3.95. The Morgan fingerprint density at radius 2 is 1.67 bits per heavy atom. The first-order chi connectivity index (χ1) is 8.41. The number of nitrogens with two attached hydrogens (primary N) is 1. The molecule has 0 bridgehead atoms. The molecular weight excluding hydrogens is 228 g/mol. The van der Waals surface area contributed by atoms with Gasteiger partial charge in [0.25, 0.3) is 5.91 Å². The fraction of sp³-hybridized carbons (Fsp3) is 0.500. The standard InChI is InChI=1S/C14H22N2O2/c1-10(2)16(11(3)4)14(17)9-18-13-7-5-12(15)6-8-13/h5-8,10-11H,9,15H2,1-4H3. The fourth-order valence-electron chi connectivity index (χ4n) is 1.96. The summed E-state index contributed by atoms with van der Waals surface area (Å²) in [6, 6.07) is 7.38. The van der Waals surface area contributed by atoms with Gasteiger partial charge in [0.2, 0.25) is 0 Å². The summed E-state index contributed by atoms with van der Waals surface area (Å²) in [6.07, 6.45) is 0. The highest BCUT2D eigenvalue weighted by atomic mass is 16.5. The maximum Gasteiger partial charge on any atom is 0.260 e. The molecule has 0 spiro atoms. The number of rotatable bonds is 5. The molecule has 0 saturated carbocycles. The Hall–Kier alpha value is -1.71. The number of nitrogens with zero attached hydrogens (tertiary/aromatic N) is 1. The smallest absolute Gasteiger partial charge is 0.260 e. The van der Waals surface area contributed by atoms with Crippen molar-refractivity contribution in [2.24, 2.45) is 0 Å². The number of ether oxygens (including phenoxy) is 1. The maximum absolute atomic E-state index is 12.0. The topological polar surface area (TPSA) is 55.6 Å². The van der Waals surface area contributed by atoms with Crippen LogP contribution >= 0.6 is 0 Å². The van der Waals surface area contributed by atoms with Gasteiger partial charge in [-0.25, -0.2) is 0 Å². The van der Waals surface area contributed by atoms with E-state index in [0.29, 0.717) is 11.4 Å². The normalized spacial score (nSPS) is 10.8. The average Bonchev–Trinajstić information content (AvgIpc) is 2.27. The zero-order valence-electron chi connectivity index (χ0n) is 11.5. The van der Waals surface area contributed by atoms with Crippen LogP contribution in [0.4, 0.5) is 5.69 Å². The van der Waals surface area contributed by atoms with E-state index in [1.807, 2.05) is 32.6 Å². The van der Waals surface area contributed by atoms with E-state index in [9.17, 15) is 4.79 Å². The van der Waals surface area contributed by atoms with E-state index >= 15 is 0 Å². The van der Waals surface area contributed by atoms with E-state index < -0.39 is 0 Å². The minimum atomic E-state index is -0.00294. The summed E-state index contributed by atoms with van der Waals surface area (Å²) in [5.74, 6) is 0.654. The molecule has 1 rings (SSSR count). The molecular formula is C14H22N2O2. The number of nitrogen functional groups attached to an aromatic ring is 1. The third-order valence-corrected chi connectivity index (χ3v) is 2.64. The highest BCUT2D eigenvalue weighted by Crippen LogP contribution is 2.14. The zero-order valence-corrected chi connectivity index (χ0v) is 11.5. The first-order valence-electron chi connectivity index (χ1n) is 6.21. The summed E-state index contributed by atoms with van der Waals surface area (Å²) < 4.78 is 5.46. The Balaban J connectivity index is 2.57. The molecule has 0 radical (unpaired) electrons. The second-order valence-electron chi connectivity index (χ2n) is 4.85. The Kier molecular flexibility index (Phi) is 5.01. The lowest BCUT2D eigenvalue weighted by atomic mass is 10.2. The number of carbonyl (C=O) groups excluding carboxylic acids is 1. The van der Waals surface area contributed by atoms with Gasteiger partial charge in [0, 0.05) is 17.8 Å². The van der Waals surface area contributed by atoms with Crippen LogP contribution in [0.2, 0.25) is 0 Å². The molecule has 1 aromatic rings. The highest BCUT2D eigenvalue weighted by Gasteiger charge is 2.20. The van der Waals surface area contributed by atoms with Crippen molar-refractivity contribution in [2.45, 2.75) is 39.8 Å². The largest absolute Gasteiger partial charge is 0.484 e. The molecule has 1 amide bonds. The van der Waals surface area contributed by atoms with E-state index in [2.05, 4.69) is 0 Å². The summed E-state index contributed by atoms with van der Waals surface area (Å²) in [5, 5.41) is 0. The maximum atomic E-state index is 12.0.